The van der Waals surface area contributed by atoms with Crippen molar-refractivity contribution in [2.24, 2.45) is 0 Å². The van der Waals surface area contributed by atoms with E-state index in [9.17, 15) is 36.6 Å². The van der Waals surface area contributed by atoms with Crippen LogP contribution in [0.4, 0.5) is 26.3 Å². The number of hydrogen-bond acceptors (Lipinski definition) is 4. The van der Waals surface area contributed by atoms with Crippen molar-refractivity contribution in [1.29, 1.82) is 0 Å². The summed E-state index contributed by atoms with van der Waals surface area (Å²) in [6.45, 7) is 6.00. The summed E-state index contributed by atoms with van der Waals surface area (Å²) in [6, 6.07) is 5.27. The molecule has 0 radical (unpaired) electrons. The molecule has 0 saturated carbocycles. The third-order valence-electron chi connectivity index (χ3n) is 5.23. The highest BCUT2D eigenvalue weighted by Crippen LogP contribution is 2.41. The molecule has 0 aliphatic rings. The molecule has 0 aliphatic carbocycles. The van der Waals surface area contributed by atoms with Crippen molar-refractivity contribution in [1.82, 2.24) is 19.9 Å². The standard InChI is InChI=1S/2C11H7Cl2F3N2O.CH4/c2*1-2-10(19,11(14,15)16)9-17-7-3-5(12)6(13)4-8(7)18-9;/h2*2-4,19H,1H2,(H,17,18);1H4. The fourth-order valence-corrected chi connectivity index (χ4v) is 3.71. The van der Waals surface area contributed by atoms with Crippen molar-refractivity contribution in [3.8, 4) is 0 Å². The average molecular weight is 638 g/mol. The second kappa shape index (κ2) is 11.2. The maximum atomic E-state index is 12.8. The van der Waals surface area contributed by atoms with Gasteiger partial charge in [0.05, 0.1) is 42.2 Å². The van der Waals surface area contributed by atoms with Gasteiger partial charge in [0.2, 0.25) is 11.2 Å². The molecule has 4 rings (SSSR count). The van der Waals surface area contributed by atoms with Crippen molar-refractivity contribution in [2.45, 2.75) is 31.0 Å². The fourth-order valence-electron chi connectivity index (χ4n) is 3.06. The first-order valence-corrected chi connectivity index (χ1v) is 11.4. The predicted octanol–water partition coefficient (Wildman–Crippen LogP) is 8.25. The van der Waals surface area contributed by atoms with E-state index in [0.29, 0.717) is 12.2 Å². The maximum Gasteiger partial charge on any atom is 0.428 e. The quantitative estimate of drug-likeness (QED) is 0.134. The van der Waals surface area contributed by atoms with Gasteiger partial charge in [-0.15, -0.1) is 0 Å². The number of nitrogens with one attached hydrogen (secondary N) is 2. The van der Waals surface area contributed by atoms with E-state index in [4.69, 9.17) is 46.4 Å². The van der Waals surface area contributed by atoms with Crippen LogP contribution in [0.25, 0.3) is 22.1 Å². The molecule has 0 saturated heterocycles. The second-order valence-electron chi connectivity index (χ2n) is 7.67. The molecule has 2 unspecified atom stereocenters. The highest BCUT2D eigenvalue weighted by atomic mass is 35.5. The first-order valence-electron chi connectivity index (χ1n) is 9.93. The summed E-state index contributed by atoms with van der Waals surface area (Å²) in [5.74, 6) is -1.38. The third-order valence-corrected chi connectivity index (χ3v) is 6.67. The molecule has 6 nitrogen and oxygen atoms in total. The van der Waals surface area contributed by atoms with E-state index in [1.807, 2.05) is 0 Å². The van der Waals surface area contributed by atoms with Crippen LogP contribution in [0.5, 0.6) is 0 Å². The van der Waals surface area contributed by atoms with Gasteiger partial charge in [0, 0.05) is 0 Å². The van der Waals surface area contributed by atoms with E-state index >= 15 is 0 Å². The van der Waals surface area contributed by atoms with E-state index in [0.717, 1.165) is 0 Å². The lowest BCUT2D eigenvalue weighted by Gasteiger charge is -2.24. The summed E-state index contributed by atoms with van der Waals surface area (Å²) >= 11 is 23.0. The number of aromatic amines is 2. The van der Waals surface area contributed by atoms with Gasteiger partial charge < -0.3 is 20.2 Å². The minimum Gasteiger partial charge on any atom is -0.370 e. The van der Waals surface area contributed by atoms with E-state index in [1.165, 1.54) is 24.3 Å². The molecule has 16 heteroatoms. The number of hydrogen-bond donors (Lipinski definition) is 4. The van der Waals surface area contributed by atoms with E-state index in [1.54, 1.807) is 0 Å². The first-order chi connectivity index (χ1) is 17.4. The van der Waals surface area contributed by atoms with Crippen LogP contribution in [-0.2, 0) is 11.2 Å². The highest BCUT2D eigenvalue weighted by Gasteiger charge is 2.56. The minimum absolute atomic E-state index is 0. The number of H-pyrrole nitrogens is 2. The number of benzene rings is 2. The Morgan fingerprint density at radius 3 is 1.18 bits per heavy atom. The molecular formula is C23H18Cl4F6N4O2. The van der Waals surface area contributed by atoms with Crippen LogP contribution >= 0.6 is 46.4 Å². The van der Waals surface area contributed by atoms with Crippen LogP contribution in [0, 0.1) is 0 Å². The van der Waals surface area contributed by atoms with E-state index < -0.39 is 35.2 Å². The number of rotatable bonds is 4. The number of halogens is 10. The van der Waals surface area contributed by atoms with Crippen LogP contribution in [0.15, 0.2) is 49.6 Å². The smallest absolute Gasteiger partial charge is 0.370 e. The average Bonchev–Trinajstić information content (AvgIpc) is 3.41. The van der Waals surface area contributed by atoms with Gasteiger partial charge in [0.1, 0.15) is 0 Å². The van der Waals surface area contributed by atoms with Gasteiger partial charge in [-0.25, -0.2) is 9.97 Å². The largest absolute Gasteiger partial charge is 0.428 e. The molecule has 2 aromatic heterocycles. The van der Waals surface area contributed by atoms with Crippen molar-refractivity contribution >= 4 is 68.5 Å². The zero-order valence-electron chi connectivity index (χ0n) is 18.4. The van der Waals surface area contributed by atoms with Gasteiger partial charge in [-0.2, -0.15) is 26.3 Å². The number of alkyl halides is 6. The highest BCUT2D eigenvalue weighted by molar-refractivity contribution is 6.43. The monoisotopic (exact) mass is 636 g/mol. The molecule has 0 spiro atoms. The summed E-state index contributed by atoms with van der Waals surface area (Å²) in [5, 5.41) is 20.0. The Morgan fingerprint density at radius 2 is 0.923 bits per heavy atom. The number of aliphatic hydroxyl groups is 2. The van der Waals surface area contributed by atoms with Gasteiger partial charge >= 0.3 is 12.4 Å². The van der Waals surface area contributed by atoms with Crippen molar-refractivity contribution in [3.05, 3.63) is 81.3 Å². The maximum absolute atomic E-state index is 12.8. The molecule has 4 aromatic rings. The Balaban J connectivity index is 0.000000267. The van der Waals surface area contributed by atoms with E-state index in [2.05, 4.69) is 33.1 Å². The van der Waals surface area contributed by atoms with Gasteiger partial charge in [-0.05, 0) is 36.4 Å². The minimum atomic E-state index is -4.95. The SMILES string of the molecule is C.C=CC(O)(c1nc2cc(Cl)c(Cl)cc2[nH]1)C(F)(F)F.C=CC(O)(c1nc2cc(Cl)c(Cl)cc2[nH]1)C(F)(F)F. The van der Waals surface area contributed by atoms with Crippen LogP contribution < -0.4 is 0 Å². The summed E-state index contributed by atoms with van der Waals surface area (Å²) in [4.78, 5) is 12.1. The zero-order chi connectivity index (χ0) is 28.8. The van der Waals surface area contributed by atoms with Crippen molar-refractivity contribution < 1.29 is 36.6 Å². The van der Waals surface area contributed by atoms with Crippen LogP contribution in [-0.4, -0.2) is 42.5 Å². The molecule has 39 heavy (non-hydrogen) atoms. The Morgan fingerprint density at radius 1 is 0.641 bits per heavy atom. The fraction of sp³-hybridized carbons (Fsp3) is 0.217. The Hall–Kier alpha value is -2.48. The van der Waals surface area contributed by atoms with Crippen molar-refractivity contribution in [3.63, 3.8) is 0 Å². The molecule has 2 aromatic carbocycles. The molecule has 0 bridgehead atoms. The van der Waals surface area contributed by atoms with Crippen LogP contribution in [0.3, 0.4) is 0 Å². The molecular weight excluding hydrogens is 620 g/mol. The van der Waals surface area contributed by atoms with E-state index in [-0.39, 0.29) is 49.6 Å². The number of fused-ring (bicyclic) bond motifs is 2. The molecule has 0 aliphatic heterocycles. The first kappa shape index (κ1) is 32.7. The Bertz CT molecular complexity index is 1340. The number of nitrogens with zero attached hydrogens (tertiary/aromatic N) is 2. The summed E-state index contributed by atoms with van der Waals surface area (Å²) in [6.07, 6.45) is -9.16. The lowest BCUT2D eigenvalue weighted by atomic mass is 10.0. The number of imidazole rings is 2. The van der Waals surface area contributed by atoms with Gasteiger partial charge in [-0.3, -0.25) is 0 Å². The van der Waals surface area contributed by atoms with Crippen molar-refractivity contribution in [2.75, 3.05) is 0 Å². The molecule has 212 valence electrons. The molecule has 0 amide bonds. The van der Waals surface area contributed by atoms with Crippen LogP contribution in [0.1, 0.15) is 19.1 Å². The molecule has 2 atom stereocenters. The van der Waals surface area contributed by atoms with Gasteiger partial charge in [0.25, 0.3) is 0 Å². The lowest BCUT2D eigenvalue weighted by Crippen LogP contribution is -2.41. The number of aromatic nitrogens is 4. The molecule has 0 fully saturated rings. The predicted molar refractivity (Wildman–Crippen MR) is 139 cm³/mol. The summed E-state index contributed by atoms with van der Waals surface area (Å²) in [5.41, 5.74) is -5.73. The lowest BCUT2D eigenvalue weighted by molar-refractivity contribution is -0.247. The molecule has 2 heterocycles. The zero-order valence-corrected chi connectivity index (χ0v) is 21.5. The van der Waals surface area contributed by atoms with Gasteiger partial charge in [0.15, 0.2) is 11.6 Å². The Labute approximate surface area is 236 Å². The van der Waals surface area contributed by atoms with Gasteiger partial charge in [-0.1, -0.05) is 67.0 Å². The molecule has 4 N–H and O–H groups in total. The second-order valence-corrected chi connectivity index (χ2v) is 9.30. The van der Waals surface area contributed by atoms with Crippen LogP contribution in [0.2, 0.25) is 20.1 Å². The summed E-state index contributed by atoms with van der Waals surface area (Å²) in [7, 11) is 0. The normalized spacial score (nSPS) is 15.1. The topological polar surface area (TPSA) is 97.8 Å². The Kier molecular flexibility index (Phi) is 9.39. The third kappa shape index (κ3) is 6.01. The summed E-state index contributed by atoms with van der Waals surface area (Å²) < 4.78 is 77.1.